The third kappa shape index (κ3) is 4.07. The van der Waals surface area contributed by atoms with Gasteiger partial charge in [0.15, 0.2) is 5.78 Å². The largest absolute Gasteiger partial charge is 0.309 e. The second-order valence-electron chi connectivity index (χ2n) is 7.56. The molecule has 160 valence electrons. The van der Waals surface area contributed by atoms with Gasteiger partial charge in [-0.15, -0.1) is 0 Å². The lowest BCUT2D eigenvalue weighted by atomic mass is 9.87. The summed E-state index contributed by atoms with van der Waals surface area (Å²) in [6.07, 6.45) is -1.01. The van der Waals surface area contributed by atoms with E-state index in [9.17, 15) is 25.0 Å². The molecule has 2 aromatic rings. The number of nitro groups is 2. The summed E-state index contributed by atoms with van der Waals surface area (Å²) in [5.74, 6) is -0.585. The molecule has 0 radical (unpaired) electrons. The summed E-state index contributed by atoms with van der Waals surface area (Å²) in [5, 5.41) is 24.3. The number of benzene rings is 2. The molecule has 0 aliphatic rings. The molecule has 0 aromatic heterocycles. The highest BCUT2D eigenvalue weighted by Crippen LogP contribution is 2.36. The van der Waals surface area contributed by atoms with Crippen molar-refractivity contribution in [2.45, 2.75) is 24.2 Å². The molecule has 0 saturated carbocycles. The van der Waals surface area contributed by atoms with Gasteiger partial charge in [-0.05, 0) is 28.2 Å². The number of carbonyl (C=O) groups excluding carboxylic acids is 1. The molecule has 0 heterocycles. The molecule has 0 bridgehead atoms. The van der Waals surface area contributed by atoms with Crippen LogP contribution >= 0.6 is 0 Å². The monoisotopic (exact) mass is 414 g/mol. The van der Waals surface area contributed by atoms with Crippen LogP contribution in [-0.2, 0) is 16.1 Å². The molecular weight excluding hydrogens is 388 g/mol. The molecule has 0 spiro atoms. The molecule has 2 atom stereocenters. The lowest BCUT2D eigenvalue weighted by Gasteiger charge is -2.34. The van der Waals surface area contributed by atoms with Gasteiger partial charge in [-0.25, -0.2) is 9.80 Å². The van der Waals surface area contributed by atoms with Crippen LogP contribution < -0.4 is 0 Å². The van der Waals surface area contributed by atoms with Gasteiger partial charge in [0, 0.05) is 21.0 Å². The lowest BCUT2D eigenvalue weighted by molar-refractivity contribution is -0.612. The minimum atomic E-state index is -1.83. The van der Waals surface area contributed by atoms with E-state index < -0.39 is 39.8 Å². The van der Waals surface area contributed by atoms with E-state index in [1.165, 1.54) is 38.0 Å². The highest BCUT2D eigenvalue weighted by Gasteiger charge is 2.54. The first-order chi connectivity index (χ1) is 14.1. The van der Waals surface area contributed by atoms with Crippen molar-refractivity contribution in [3.8, 4) is 0 Å². The van der Waals surface area contributed by atoms with E-state index in [4.69, 9.17) is 0 Å². The summed E-state index contributed by atoms with van der Waals surface area (Å²) in [4.78, 5) is 39.2. The smallest absolute Gasteiger partial charge is 0.299 e. The van der Waals surface area contributed by atoms with Gasteiger partial charge < -0.3 is 0 Å². The molecule has 0 aliphatic carbocycles. The van der Waals surface area contributed by atoms with Crippen molar-refractivity contribution in [2.75, 3.05) is 28.2 Å². The van der Waals surface area contributed by atoms with Crippen molar-refractivity contribution >= 4 is 5.78 Å². The summed E-state index contributed by atoms with van der Waals surface area (Å²) in [7, 11) is 6.08. The van der Waals surface area contributed by atoms with E-state index in [0.717, 1.165) is 0 Å². The van der Waals surface area contributed by atoms with Crippen LogP contribution in [0.2, 0.25) is 0 Å². The van der Waals surface area contributed by atoms with E-state index in [1.54, 1.807) is 60.7 Å². The molecule has 0 saturated heterocycles. The molecular formula is C21H26N4O5. The van der Waals surface area contributed by atoms with Gasteiger partial charge in [-0.3, -0.25) is 25.0 Å². The number of carbonyl (C=O) groups is 1. The Labute approximate surface area is 175 Å². The Balaban J connectivity index is 2.51. The van der Waals surface area contributed by atoms with Crippen LogP contribution in [0.3, 0.4) is 0 Å². The van der Waals surface area contributed by atoms with Crippen molar-refractivity contribution in [1.82, 2.24) is 9.80 Å². The fourth-order valence-corrected chi connectivity index (χ4v) is 3.73. The number of hydrogen-bond acceptors (Lipinski definition) is 7. The van der Waals surface area contributed by atoms with Gasteiger partial charge in [0.25, 0.3) is 0 Å². The number of rotatable bonds is 10. The van der Waals surface area contributed by atoms with Crippen molar-refractivity contribution in [3.05, 3.63) is 92.0 Å². The summed E-state index contributed by atoms with van der Waals surface area (Å²) >= 11 is 0. The summed E-state index contributed by atoms with van der Waals surface area (Å²) in [6.45, 7) is 0. The third-order valence-corrected chi connectivity index (χ3v) is 5.44. The Kier molecular flexibility index (Phi) is 7.01. The molecule has 0 N–H and O–H groups in total. The van der Waals surface area contributed by atoms with Gasteiger partial charge in [0.05, 0.1) is 12.8 Å². The molecule has 9 nitrogen and oxygen atoms in total. The fraction of sp³-hybridized carbons (Fsp3) is 0.381. The SMILES string of the molecule is CN(C)C(CC(=O)CC(c1ccccc1)(N(C)C)[N+](=O)[O-])(c1ccccc1)[N+](=O)[O-]. The Bertz CT molecular complexity index is 831. The van der Waals surface area contributed by atoms with Crippen molar-refractivity contribution in [1.29, 1.82) is 0 Å². The Hall–Kier alpha value is -3.17. The fourth-order valence-electron chi connectivity index (χ4n) is 3.73. The number of ketones is 1. The first kappa shape index (κ1) is 23.1. The number of hydrogen-bond donors (Lipinski definition) is 0. The molecule has 0 aliphatic heterocycles. The highest BCUT2D eigenvalue weighted by molar-refractivity contribution is 5.80. The van der Waals surface area contributed by atoms with Gasteiger partial charge in [0.1, 0.15) is 0 Å². The maximum absolute atomic E-state index is 13.2. The van der Waals surface area contributed by atoms with Crippen molar-refractivity contribution in [3.63, 3.8) is 0 Å². The molecule has 0 fully saturated rings. The molecule has 30 heavy (non-hydrogen) atoms. The standard InChI is InChI=1S/C21H26N4O5/c1-22(2)20(24(27)28,17-11-7-5-8-12-17)15-19(26)16-21(23(3)4,25(29)30)18-13-9-6-10-14-18/h5-14H,15-16H2,1-4H3. The molecule has 2 aromatic carbocycles. The first-order valence-corrected chi connectivity index (χ1v) is 9.35. The lowest BCUT2D eigenvalue weighted by Crippen LogP contribution is -2.53. The van der Waals surface area contributed by atoms with Crippen LogP contribution in [0.1, 0.15) is 24.0 Å². The van der Waals surface area contributed by atoms with Gasteiger partial charge >= 0.3 is 11.3 Å². The third-order valence-electron chi connectivity index (χ3n) is 5.44. The van der Waals surface area contributed by atoms with E-state index in [2.05, 4.69) is 0 Å². The average Bonchev–Trinajstić information content (AvgIpc) is 2.70. The second kappa shape index (κ2) is 9.10. The molecule has 0 amide bonds. The van der Waals surface area contributed by atoms with Crippen LogP contribution in [0.4, 0.5) is 0 Å². The first-order valence-electron chi connectivity index (χ1n) is 9.35. The quantitative estimate of drug-likeness (QED) is 0.334. The average molecular weight is 414 g/mol. The topological polar surface area (TPSA) is 110 Å². The Morgan fingerprint density at radius 1 is 0.733 bits per heavy atom. The predicted molar refractivity (Wildman–Crippen MR) is 112 cm³/mol. The molecule has 2 rings (SSSR count). The van der Waals surface area contributed by atoms with Crippen LogP contribution in [0, 0.1) is 20.2 Å². The minimum absolute atomic E-state index is 0.338. The zero-order chi connectivity index (χ0) is 22.5. The normalized spacial score (nSPS) is 15.4. The van der Waals surface area contributed by atoms with Gasteiger partial charge in [0.2, 0.25) is 0 Å². The maximum Gasteiger partial charge on any atom is 0.309 e. The Morgan fingerprint density at radius 2 is 1.03 bits per heavy atom. The van der Waals surface area contributed by atoms with Crippen LogP contribution in [-0.4, -0.2) is 53.6 Å². The van der Waals surface area contributed by atoms with Crippen LogP contribution in [0.5, 0.6) is 0 Å². The van der Waals surface area contributed by atoms with Gasteiger partial charge in [-0.2, -0.15) is 0 Å². The maximum atomic E-state index is 13.2. The molecule has 9 heteroatoms. The second-order valence-corrected chi connectivity index (χ2v) is 7.56. The summed E-state index contributed by atoms with van der Waals surface area (Å²) in [5.41, 5.74) is -2.98. The summed E-state index contributed by atoms with van der Waals surface area (Å²) in [6, 6.07) is 16.4. The minimum Gasteiger partial charge on any atom is -0.299 e. The zero-order valence-electron chi connectivity index (χ0n) is 17.5. The van der Waals surface area contributed by atoms with Gasteiger partial charge in [-0.1, -0.05) is 60.7 Å². The number of Topliss-reactive ketones (excluding diaryl/α,β-unsaturated/α-hetero) is 1. The van der Waals surface area contributed by atoms with Crippen molar-refractivity contribution < 1.29 is 14.6 Å². The molecule has 2 unspecified atom stereocenters. The van der Waals surface area contributed by atoms with E-state index in [-0.39, 0.29) is 0 Å². The van der Waals surface area contributed by atoms with Crippen LogP contribution in [0.25, 0.3) is 0 Å². The predicted octanol–water partition coefficient (Wildman–Crippen LogP) is 2.72. The van der Waals surface area contributed by atoms with E-state index in [1.807, 2.05) is 0 Å². The number of nitrogens with zero attached hydrogens (tertiary/aromatic N) is 4. The van der Waals surface area contributed by atoms with Crippen LogP contribution in [0.15, 0.2) is 60.7 Å². The summed E-state index contributed by atoms with van der Waals surface area (Å²) < 4.78 is 0. The van der Waals surface area contributed by atoms with E-state index >= 15 is 0 Å². The van der Waals surface area contributed by atoms with E-state index in [0.29, 0.717) is 11.1 Å². The Morgan fingerprint density at radius 3 is 1.27 bits per heavy atom. The van der Waals surface area contributed by atoms with Crippen molar-refractivity contribution in [2.24, 2.45) is 0 Å². The zero-order valence-corrected chi connectivity index (χ0v) is 17.5. The highest BCUT2D eigenvalue weighted by atomic mass is 16.6.